The Balaban J connectivity index is 1.18. The Hall–Kier alpha value is -4.24. The molecule has 2 amide bonds. The van der Waals surface area contributed by atoms with Gasteiger partial charge >= 0.3 is 0 Å². The molecule has 10 heteroatoms. The van der Waals surface area contributed by atoms with Crippen molar-refractivity contribution in [1.29, 1.82) is 0 Å². The average molecular weight is 503 g/mol. The predicted molar refractivity (Wildman–Crippen MR) is 136 cm³/mol. The fraction of sp³-hybridized carbons (Fsp3) is 0.192. The number of anilines is 2. The van der Waals surface area contributed by atoms with Crippen LogP contribution in [0.4, 0.5) is 11.4 Å². The Morgan fingerprint density at radius 2 is 1.78 bits per heavy atom. The highest BCUT2D eigenvalue weighted by Gasteiger charge is 2.35. The van der Waals surface area contributed by atoms with E-state index in [1.54, 1.807) is 71.9 Å². The largest absolute Gasteiger partial charge is 0.438 e. The van der Waals surface area contributed by atoms with E-state index in [2.05, 4.69) is 20.5 Å². The molecular weight excluding hydrogens is 480 g/mol. The quantitative estimate of drug-likeness (QED) is 0.409. The molecule has 1 fully saturated rings. The van der Waals surface area contributed by atoms with Crippen molar-refractivity contribution < 1.29 is 14.3 Å². The minimum atomic E-state index is -0.444. The van der Waals surface area contributed by atoms with Crippen LogP contribution in [0.3, 0.4) is 0 Å². The number of hydrogen-bond acceptors (Lipinski definition) is 6. The van der Waals surface area contributed by atoms with E-state index in [0.717, 1.165) is 17.1 Å². The number of aryl methyl sites for hydroxylation is 1. The number of hydrogen-bond donors (Lipinski definition) is 1. The number of halogens is 1. The summed E-state index contributed by atoms with van der Waals surface area (Å²) < 4.78 is 7.64. The first-order valence-corrected chi connectivity index (χ1v) is 11.7. The molecule has 9 nitrogen and oxygen atoms in total. The molecule has 2 aromatic heterocycles. The topological polar surface area (TPSA) is 102 Å². The summed E-state index contributed by atoms with van der Waals surface area (Å²) in [6.45, 7) is 4.22. The van der Waals surface area contributed by atoms with E-state index in [9.17, 15) is 9.59 Å². The lowest BCUT2D eigenvalue weighted by molar-refractivity contribution is -0.122. The second-order valence-electron chi connectivity index (χ2n) is 8.51. The van der Waals surface area contributed by atoms with Crippen LogP contribution in [0.1, 0.15) is 17.8 Å². The maximum Gasteiger partial charge on any atom is 0.238 e. The number of amides is 2. The van der Waals surface area contributed by atoms with Gasteiger partial charge in [0.25, 0.3) is 0 Å². The van der Waals surface area contributed by atoms with Crippen molar-refractivity contribution in [2.45, 2.75) is 20.3 Å². The van der Waals surface area contributed by atoms with Gasteiger partial charge in [0.05, 0.1) is 11.6 Å². The van der Waals surface area contributed by atoms with Crippen LogP contribution in [0.25, 0.3) is 5.82 Å². The number of ether oxygens (including phenoxy) is 1. The summed E-state index contributed by atoms with van der Waals surface area (Å²) >= 11 is 5.93. The van der Waals surface area contributed by atoms with Crippen molar-refractivity contribution in [1.82, 2.24) is 19.7 Å². The van der Waals surface area contributed by atoms with Gasteiger partial charge in [-0.15, -0.1) is 10.2 Å². The van der Waals surface area contributed by atoms with Gasteiger partial charge in [-0.25, -0.2) is 4.98 Å². The lowest BCUT2D eigenvalue weighted by Crippen LogP contribution is -2.28. The molecule has 0 saturated carbocycles. The number of carbonyl (C=O) groups excluding carboxylic acids is 2. The van der Waals surface area contributed by atoms with Crippen molar-refractivity contribution in [2.75, 3.05) is 16.8 Å². The fourth-order valence-corrected chi connectivity index (χ4v) is 4.08. The van der Waals surface area contributed by atoms with Gasteiger partial charge in [0.1, 0.15) is 12.1 Å². The summed E-state index contributed by atoms with van der Waals surface area (Å²) in [5.74, 6) is 0.803. The maximum atomic E-state index is 12.8. The lowest BCUT2D eigenvalue weighted by Gasteiger charge is -2.16. The van der Waals surface area contributed by atoms with Crippen LogP contribution in [0.15, 0.2) is 67.0 Å². The average Bonchev–Trinajstić information content (AvgIpc) is 3.43. The molecule has 0 aliphatic carbocycles. The van der Waals surface area contributed by atoms with Crippen molar-refractivity contribution in [2.24, 2.45) is 5.92 Å². The smallest absolute Gasteiger partial charge is 0.238 e. The molecule has 1 aliphatic heterocycles. The molecule has 182 valence electrons. The van der Waals surface area contributed by atoms with Gasteiger partial charge in [-0.05, 0) is 68.4 Å². The van der Waals surface area contributed by atoms with E-state index in [4.69, 9.17) is 16.3 Å². The van der Waals surface area contributed by atoms with E-state index in [1.165, 1.54) is 0 Å². The number of aromatic nitrogens is 4. The second-order valence-corrected chi connectivity index (χ2v) is 8.95. The molecule has 4 aromatic rings. The van der Waals surface area contributed by atoms with Crippen molar-refractivity contribution in [3.05, 3.63) is 83.4 Å². The molecule has 5 rings (SSSR count). The summed E-state index contributed by atoms with van der Waals surface area (Å²) in [6, 6.07) is 17.5. The molecule has 36 heavy (non-hydrogen) atoms. The summed E-state index contributed by atoms with van der Waals surface area (Å²) in [5, 5.41) is 11.8. The van der Waals surface area contributed by atoms with E-state index in [0.29, 0.717) is 34.7 Å². The van der Waals surface area contributed by atoms with Crippen LogP contribution in [0, 0.1) is 19.8 Å². The molecule has 1 atom stereocenters. The Morgan fingerprint density at radius 3 is 2.42 bits per heavy atom. The van der Waals surface area contributed by atoms with Crippen LogP contribution in [0.5, 0.6) is 11.6 Å². The molecule has 1 unspecified atom stereocenters. The Morgan fingerprint density at radius 1 is 1.03 bits per heavy atom. The minimum Gasteiger partial charge on any atom is -0.438 e. The van der Waals surface area contributed by atoms with Gasteiger partial charge < -0.3 is 15.0 Å². The number of carbonyl (C=O) groups is 2. The number of imidazole rings is 1. The van der Waals surface area contributed by atoms with E-state index < -0.39 is 5.92 Å². The van der Waals surface area contributed by atoms with Gasteiger partial charge in [-0.2, -0.15) is 0 Å². The van der Waals surface area contributed by atoms with Gasteiger partial charge in [0, 0.05) is 41.1 Å². The van der Waals surface area contributed by atoms with Gasteiger partial charge in [-0.3, -0.25) is 14.2 Å². The molecule has 1 saturated heterocycles. The number of nitrogens with zero attached hydrogens (tertiary/aromatic N) is 5. The van der Waals surface area contributed by atoms with E-state index in [1.807, 2.05) is 18.4 Å². The van der Waals surface area contributed by atoms with Crippen LogP contribution < -0.4 is 15.0 Å². The van der Waals surface area contributed by atoms with Crippen LogP contribution in [-0.2, 0) is 9.59 Å². The highest BCUT2D eigenvalue weighted by atomic mass is 35.5. The molecule has 3 heterocycles. The minimum absolute atomic E-state index is 0.0910. The Bertz CT molecular complexity index is 1400. The van der Waals surface area contributed by atoms with Gasteiger partial charge in [0.2, 0.25) is 17.7 Å². The summed E-state index contributed by atoms with van der Waals surface area (Å²) in [7, 11) is 0. The molecule has 2 aromatic carbocycles. The number of rotatable bonds is 6. The standard InChI is InChI=1S/C26H23ClN6O3/c1-16-17(2)33(15-28-16)23-11-12-24(31-30-23)36-22-9-5-20(6-10-22)29-26(35)18-13-25(34)32(14-18)21-7-3-19(27)4-8-21/h3-12,15,18H,13-14H2,1-2H3,(H,29,35). The van der Waals surface area contributed by atoms with E-state index >= 15 is 0 Å². The third-order valence-corrected chi connectivity index (χ3v) is 6.36. The number of benzene rings is 2. The van der Waals surface area contributed by atoms with Crippen molar-refractivity contribution in [3.63, 3.8) is 0 Å². The van der Waals surface area contributed by atoms with Crippen molar-refractivity contribution in [3.8, 4) is 17.4 Å². The van der Waals surface area contributed by atoms with Crippen LogP contribution >= 0.6 is 11.6 Å². The SMILES string of the molecule is Cc1ncn(-c2ccc(Oc3ccc(NC(=O)C4CC(=O)N(c5ccc(Cl)cc5)C4)cc3)nn2)c1C. The summed E-state index contributed by atoms with van der Waals surface area (Å²) in [5.41, 5.74) is 3.27. The summed E-state index contributed by atoms with van der Waals surface area (Å²) in [4.78, 5) is 31.1. The Kier molecular flexibility index (Phi) is 6.39. The monoisotopic (exact) mass is 502 g/mol. The molecule has 1 aliphatic rings. The predicted octanol–water partition coefficient (Wildman–Crippen LogP) is 4.72. The zero-order valence-corrected chi connectivity index (χ0v) is 20.4. The van der Waals surface area contributed by atoms with Crippen LogP contribution in [-0.4, -0.2) is 38.1 Å². The second kappa shape index (κ2) is 9.79. The molecule has 0 radical (unpaired) electrons. The molecule has 1 N–H and O–H groups in total. The molecule has 0 bridgehead atoms. The fourth-order valence-electron chi connectivity index (χ4n) is 3.95. The van der Waals surface area contributed by atoms with Crippen LogP contribution in [0.2, 0.25) is 5.02 Å². The third kappa shape index (κ3) is 4.92. The first-order valence-electron chi connectivity index (χ1n) is 11.4. The zero-order valence-electron chi connectivity index (χ0n) is 19.7. The summed E-state index contributed by atoms with van der Waals surface area (Å²) in [6.07, 6.45) is 1.86. The number of nitrogens with one attached hydrogen (secondary N) is 1. The maximum absolute atomic E-state index is 12.8. The normalized spacial score (nSPS) is 15.2. The Labute approximate surface area is 212 Å². The van der Waals surface area contributed by atoms with Gasteiger partial charge in [-0.1, -0.05) is 11.6 Å². The highest BCUT2D eigenvalue weighted by molar-refractivity contribution is 6.30. The third-order valence-electron chi connectivity index (χ3n) is 6.10. The molecule has 0 spiro atoms. The molecular formula is C26H23ClN6O3. The lowest BCUT2D eigenvalue weighted by atomic mass is 10.1. The van der Waals surface area contributed by atoms with E-state index in [-0.39, 0.29) is 18.2 Å². The van der Waals surface area contributed by atoms with Crippen molar-refractivity contribution >= 4 is 34.8 Å². The zero-order chi connectivity index (χ0) is 25.2. The first-order chi connectivity index (χ1) is 17.4. The highest BCUT2D eigenvalue weighted by Crippen LogP contribution is 2.28. The van der Waals surface area contributed by atoms with Gasteiger partial charge in [0.15, 0.2) is 5.82 Å². The first kappa shape index (κ1) is 23.5.